The second-order valence-corrected chi connectivity index (χ2v) is 8.59. The number of aromatic nitrogens is 3. The molecule has 0 bridgehead atoms. The van der Waals surface area contributed by atoms with E-state index in [1.54, 1.807) is 18.2 Å². The van der Waals surface area contributed by atoms with Crippen LogP contribution >= 0.6 is 11.8 Å². The molecule has 5 rings (SSSR count). The monoisotopic (exact) mass is 436 g/mol. The summed E-state index contributed by atoms with van der Waals surface area (Å²) in [6.07, 6.45) is 2.00. The largest absolute Gasteiger partial charge is 0.459 e. The van der Waals surface area contributed by atoms with Crippen molar-refractivity contribution in [2.75, 3.05) is 5.75 Å². The first kappa shape index (κ1) is 19.8. The van der Waals surface area contributed by atoms with Gasteiger partial charge in [0.15, 0.2) is 11.0 Å². The Hall–Kier alpha value is -3.13. The maximum Gasteiger partial charge on any atom is 0.231 e. The Morgan fingerprint density at radius 2 is 2.00 bits per heavy atom. The molecule has 1 amide bonds. The summed E-state index contributed by atoms with van der Waals surface area (Å²) in [5.41, 5.74) is 1.22. The number of carbonyl (C=O) groups is 1. The normalized spacial score (nSPS) is 14.6. The van der Waals surface area contributed by atoms with Gasteiger partial charge < -0.3 is 9.73 Å². The molecule has 1 saturated carbocycles. The van der Waals surface area contributed by atoms with Gasteiger partial charge in [0, 0.05) is 11.4 Å². The van der Waals surface area contributed by atoms with E-state index in [1.165, 1.54) is 17.8 Å². The van der Waals surface area contributed by atoms with Gasteiger partial charge in [-0.15, -0.1) is 10.2 Å². The van der Waals surface area contributed by atoms with Crippen LogP contribution in [-0.2, 0) is 4.79 Å². The Morgan fingerprint density at radius 1 is 1.23 bits per heavy atom. The number of halogens is 1. The van der Waals surface area contributed by atoms with E-state index in [2.05, 4.69) is 15.5 Å². The molecule has 1 N–H and O–H groups in total. The van der Waals surface area contributed by atoms with Crippen LogP contribution in [0.3, 0.4) is 0 Å². The van der Waals surface area contributed by atoms with Gasteiger partial charge in [-0.05, 0) is 44.0 Å². The number of amides is 1. The van der Waals surface area contributed by atoms with Crippen LogP contribution in [0.2, 0.25) is 0 Å². The minimum atomic E-state index is -0.328. The number of thioether (sulfide) groups is 1. The molecule has 0 spiro atoms. The number of nitrogens with zero attached hydrogens (tertiary/aromatic N) is 3. The third-order valence-electron chi connectivity index (χ3n) is 5.27. The molecule has 0 aliphatic heterocycles. The number of carbonyl (C=O) groups excluding carboxylic acids is 1. The SMILES string of the molecule is CC(NC(=O)CSc1nnc(-c2ccccc2F)n1C1CC1)c1cc2ccccc2o1. The molecule has 1 unspecified atom stereocenters. The van der Waals surface area contributed by atoms with Crippen molar-refractivity contribution in [1.29, 1.82) is 0 Å². The smallest absolute Gasteiger partial charge is 0.231 e. The van der Waals surface area contributed by atoms with Gasteiger partial charge in [0.1, 0.15) is 17.2 Å². The van der Waals surface area contributed by atoms with E-state index in [9.17, 15) is 9.18 Å². The first-order valence-electron chi connectivity index (χ1n) is 10.2. The van der Waals surface area contributed by atoms with Crippen molar-refractivity contribution in [3.63, 3.8) is 0 Å². The highest BCUT2D eigenvalue weighted by Crippen LogP contribution is 2.41. The van der Waals surface area contributed by atoms with Crippen molar-refractivity contribution >= 4 is 28.6 Å². The van der Waals surface area contributed by atoms with Crippen molar-refractivity contribution in [3.05, 3.63) is 66.2 Å². The second-order valence-electron chi connectivity index (χ2n) is 7.65. The van der Waals surface area contributed by atoms with Crippen LogP contribution in [0, 0.1) is 5.82 Å². The molecule has 2 aromatic carbocycles. The summed E-state index contributed by atoms with van der Waals surface area (Å²) in [5.74, 6) is 0.954. The van der Waals surface area contributed by atoms with Crippen LogP contribution in [0.5, 0.6) is 0 Å². The molecule has 2 aromatic heterocycles. The molecule has 6 nitrogen and oxygen atoms in total. The number of fused-ring (bicyclic) bond motifs is 1. The zero-order chi connectivity index (χ0) is 21.4. The fraction of sp³-hybridized carbons (Fsp3) is 0.261. The Bertz CT molecular complexity index is 1210. The standard InChI is InChI=1S/C23H21FN4O2S/c1-14(20-12-15-6-2-5-9-19(15)30-20)25-21(29)13-31-23-27-26-22(28(23)16-10-11-16)17-7-3-4-8-18(17)24/h2-9,12,14,16H,10-11,13H2,1H3,(H,25,29). The lowest BCUT2D eigenvalue weighted by atomic mass is 10.2. The summed E-state index contributed by atoms with van der Waals surface area (Å²) < 4.78 is 22.1. The Morgan fingerprint density at radius 3 is 2.77 bits per heavy atom. The summed E-state index contributed by atoms with van der Waals surface area (Å²) in [7, 11) is 0. The predicted octanol–water partition coefficient (Wildman–Crippen LogP) is 5.13. The Balaban J connectivity index is 1.27. The lowest BCUT2D eigenvalue weighted by Crippen LogP contribution is -2.28. The van der Waals surface area contributed by atoms with Crippen LogP contribution < -0.4 is 5.32 Å². The van der Waals surface area contributed by atoms with Crippen LogP contribution in [0.15, 0.2) is 64.2 Å². The van der Waals surface area contributed by atoms with Gasteiger partial charge in [0.2, 0.25) is 5.91 Å². The summed E-state index contributed by atoms with van der Waals surface area (Å²) in [4.78, 5) is 12.6. The summed E-state index contributed by atoms with van der Waals surface area (Å²) >= 11 is 1.31. The minimum absolute atomic E-state index is 0.129. The van der Waals surface area contributed by atoms with Gasteiger partial charge in [-0.3, -0.25) is 9.36 Å². The van der Waals surface area contributed by atoms with Crippen LogP contribution in [0.1, 0.15) is 37.6 Å². The molecule has 8 heteroatoms. The summed E-state index contributed by atoms with van der Waals surface area (Å²) in [6.45, 7) is 1.89. The third-order valence-corrected chi connectivity index (χ3v) is 6.22. The second kappa shape index (κ2) is 8.19. The van der Waals surface area contributed by atoms with E-state index >= 15 is 0 Å². The van der Waals surface area contributed by atoms with Crippen molar-refractivity contribution in [2.45, 2.75) is 37.0 Å². The van der Waals surface area contributed by atoms with Crippen molar-refractivity contribution < 1.29 is 13.6 Å². The number of hydrogen-bond acceptors (Lipinski definition) is 5. The zero-order valence-corrected chi connectivity index (χ0v) is 17.7. The van der Waals surface area contributed by atoms with Gasteiger partial charge in [-0.25, -0.2) is 4.39 Å². The maximum absolute atomic E-state index is 14.3. The molecule has 4 aromatic rings. The van der Waals surface area contributed by atoms with Crippen molar-refractivity contribution in [3.8, 4) is 11.4 Å². The maximum atomic E-state index is 14.3. The van der Waals surface area contributed by atoms with Gasteiger partial charge in [0.05, 0.1) is 17.4 Å². The van der Waals surface area contributed by atoms with E-state index in [0.717, 1.165) is 23.8 Å². The molecular weight excluding hydrogens is 415 g/mol. The van der Waals surface area contributed by atoms with Gasteiger partial charge >= 0.3 is 0 Å². The highest BCUT2D eigenvalue weighted by atomic mass is 32.2. The highest BCUT2D eigenvalue weighted by Gasteiger charge is 2.31. The van der Waals surface area contributed by atoms with Gasteiger partial charge in [-0.2, -0.15) is 0 Å². The first-order valence-corrected chi connectivity index (χ1v) is 11.2. The number of para-hydroxylation sites is 1. The first-order chi connectivity index (χ1) is 15.1. The number of furan rings is 1. The fourth-order valence-corrected chi connectivity index (χ4v) is 4.38. The number of benzene rings is 2. The molecule has 1 fully saturated rings. The quantitative estimate of drug-likeness (QED) is 0.406. The van der Waals surface area contributed by atoms with Gasteiger partial charge in [0.25, 0.3) is 0 Å². The van der Waals surface area contributed by atoms with E-state index in [1.807, 2.05) is 41.8 Å². The number of hydrogen-bond donors (Lipinski definition) is 1. The molecule has 158 valence electrons. The Labute approximate surface area is 182 Å². The van der Waals surface area contributed by atoms with Crippen molar-refractivity contribution in [2.24, 2.45) is 0 Å². The number of rotatable bonds is 7. The topological polar surface area (TPSA) is 73.0 Å². The lowest BCUT2D eigenvalue weighted by molar-refractivity contribution is -0.119. The average Bonchev–Trinajstić information content (AvgIpc) is 3.36. The lowest BCUT2D eigenvalue weighted by Gasteiger charge is -2.12. The zero-order valence-electron chi connectivity index (χ0n) is 16.9. The molecule has 2 heterocycles. The molecule has 1 atom stereocenters. The van der Waals surface area contributed by atoms with Gasteiger partial charge in [-0.1, -0.05) is 42.1 Å². The van der Waals surface area contributed by atoms with E-state index in [0.29, 0.717) is 22.3 Å². The van der Waals surface area contributed by atoms with Crippen LogP contribution in [0.4, 0.5) is 4.39 Å². The minimum Gasteiger partial charge on any atom is -0.459 e. The summed E-state index contributed by atoms with van der Waals surface area (Å²) in [5, 5.41) is 13.1. The molecule has 1 aliphatic rings. The van der Waals surface area contributed by atoms with Crippen molar-refractivity contribution in [1.82, 2.24) is 20.1 Å². The average molecular weight is 437 g/mol. The molecule has 31 heavy (non-hydrogen) atoms. The molecular formula is C23H21FN4O2S. The van der Waals surface area contributed by atoms with Crippen LogP contribution in [-0.4, -0.2) is 26.4 Å². The molecule has 0 saturated heterocycles. The fourth-order valence-electron chi connectivity index (χ4n) is 3.56. The highest BCUT2D eigenvalue weighted by molar-refractivity contribution is 7.99. The van der Waals surface area contributed by atoms with Crippen LogP contribution in [0.25, 0.3) is 22.4 Å². The third kappa shape index (κ3) is 4.07. The molecule has 1 aliphatic carbocycles. The number of nitrogens with one attached hydrogen (secondary N) is 1. The predicted molar refractivity (Wildman–Crippen MR) is 117 cm³/mol. The van der Waals surface area contributed by atoms with E-state index in [4.69, 9.17) is 4.42 Å². The Kier molecular flexibility index (Phi) is 5.23. The van der Waals surface area contributed by atoms with E-state index in [-0.39, 0.29) is 29.6 Å². The van der Waals surface area contributed by atoms with E-state index < -0.39 is 0 Å². The molecule has 0 radical (unpaired) electrons. The summed E-state index contributed by atoms with van der Waals surface area (Å²) in [6, 6.07) is 16.2.